The van der Waals surface area contributed by atoms with Crippen molar-refractivity contribution in [2.45, 2.75) is 47.2 Å². The highest BCUT2D eigenvalue weighted by Crippen LogP contribution is 2.17. The lowest BCUT2D eigenvalue weighted by Gasteiger charge is -2.21. The van der Waals surface area contributed by atoms with E-state index in [0.717, 1.165) is 22.6 Å². The van der Waals surface area contributed by atoms with Crippen molar-refractivity contribution in [1.82, 2.24) is 20.4 Å². The Labute approximate surface area is 148 Å². The molecule has 0 spiro atoms. The number of carbonyl (C=O) groups is 2. The molecule has 134 valence electrons. The number of benzene rings is 1. The summed E-state index contributed by atoms with van der Waals surface area (Å²) in [6.45, 7) is 9.53. The van der Waals surface area contributed by atoms with Gasteiger partial charge in [0.15, 0.2) is 0 Å². The highest BCUT2D eigenvalue weighted by Gasteiger charge is 2.23. The molecule has 1 heterocycles. The van der Waals surface area contributed by atoms with Crippen LogP contribution in [-0.4, -0.2) is 27.6 Å². The smallest absolute Gasteiger partial charge is 0.243 e. The Bertz CT molecular complexity index is 750. The highest BCUT2D eigenvalue weighted by molar-refractivity contribution is 5.87. The van der Waals surface area contributed by atoms with Crippen LogP contribution < -0.4 is 10.6 Å². The predicted molar refractivity (Wildman–Crippen MR) is 97.3 cm³/mol. The minimum atomic E-state index is -0.540. The number of para-hydroxylation sites is 1. The van der Waals surface area contributed by atoms with E-state index >= 15 is 0 Å². The van der Waals surface area contributed by atoms with Crippen molar-refractivity contribution in [3.63, 3.8) is 0 Å². The van der Waals surface area contributed by atoms with Gasteiger partial charge in [0.2, 0.25) is 11.8 Å². The van der Waals surface area contributed by atoms with Crippen LogP contribution in [0.2, 0.25) is 0 Å². The van der Waals surface area contributed by atoms with E-state index in [1.165, 1.54) is 6.92 Å². The van der Waals surface area contributed by atoms with Crippen LogP contribution >= 0.6 is 0 Å². The first kappa shape index (κ1) is 18.7. The van der Waals surface area contributed by atoms with Crippen LogP contribution in [0.5, 0.6) is 0 Å². The summed E-state index contributed by atoms with van der Waals surface area (Å²) in [6.07, 6.45) is 0. The van der Waals surface area contributed by atoms with Crippen LogP contribution in [0.1, 0.15) is 37.7 Å². The Morgan fingerprint density at radius 1 is 1.16 bits per heavy atom. The molecule has 6 nitrogen and oxygen atoms in total. The zero-order chi connectivity index (χ0) is 18.6. The molecule has 0 fully saturated rings. The Morgan fingerprint density at radius 3 is 2.36 bits per heavy atom. The second-order valence-corrected chi connectivity index (χ2v) is 6.54. The van der Waals surface area contributed by atoms with Crippen molar-refractivity contribution in [3.05, 3.63) is 47.3 Å². The van der Waals surface area contributed by atoms with Crippen LogP contribution in [0.25, 0.3) is 5.69 Å². The first-order chi connectivity index (χ1) is 11.8. The number of aromatic nitrogens is 2. The van der Waals surface area contributed by atoms with Crippen molar-refractivity contribution < 1.29 is 9.59 Å². The van der Waals surface area contributed by atoms with Gasteiger partial charge in [-0.15, -0.1) is 0 Å². The van der Waals surface area contributed by atoms with Crippen LogP contribution in [-0.2, 0) is 16.1 Å². The molecule has 0 saturated carbocycles. The largest absolute Gasteiger partial charge is 0.350 e. The molecular formula is C19H26N4O2. The molecule has 6 heteroatoms. The Kier molecular flexibility index (Phi) is 5.96. The standard InChI is InChI=1S/C19H26N4O2/c1-12(2)18(21-15(5)24)19(25)20-11-17-13(3)22-23(14(17)4)16-9-7-6-8-10-16/h6-10,12,18H,11H2,1-5H3,(H,20,25)(H,21,24)/t18-/m1/s1. The van der Waals surface area contributed by atoms with E-state index in [1.54, 1.807) is 0 Å². The number of hydrogen-bond donors (Lipinski definition) is 2. The summed E-state index contributed by atoms with van der Waals surface area (Å²) in [4.78, 5) is 23.7. The summed E-state index contributed by atoms with van der Waals surface area (Å²) < 4.78 is 1.88. The lowest BCUT2D eigenvalue weighted by Crippen LogP contribution is -2.48. The van der Waals surface area contributed by atoms with Gasteiger partial charge in [0.1, 0.15) is 6.04 Å². The third-order valence-corrected chi connectivity index (χ3v) is 4.19. The monoisotopic (exact) mass is 342 g/mol. The molecule has 0 bridgehead atoms. The molecule has 2 N–H and O–H groups in total. The number of hydrogen-bond acceptors (Lipinski definition) is 3. The molecule has 25 heavy (non-hydrogen) atoms. The molecule has 1 aromatic carbocycles. The maximum atomic E-state index is 12.4. The van der Waals surface area contributed by atoms with Gasteiger partial charge in [-0.05, 0) is 31.9 Å². The van der Waals surface area contributed by atoms with Crippen LogP contribution in [0.3, 0.4) is 0 Å². The second-order valence-electron chi connectivity index (χ2n) is 6.54. The number of aryl methyl sites for hydroxylation is 1. The summed E-state index contributed by atoms with van der Waals surface area (Å²) in [6, 6.07) is 9.34. The quantitative estimate of drug-likeness (QED) is 0.845. The molecule has 0 aliphatic heterocycles. The van der Waals surface area contributed by atoms with E-state index < -0.39 is 6.04 Å². The Hall–Kier alpha value is -2.63. The maximum absolute atomic E-state index is 12.4. The average Bonchev–Trinajstić information content (AvgIpc) is 2.85. The molecule has 2 rings (SSSR count). The molecule has 0 aliphatic rings. The molecule has 0 saturated heterocycles. The van der Waals surface area contributed by atoms with Gasteiger partial charge < -0.3 is 10.6 Å². The number of carbonyl (C=O) groups excluding carboxylic acids is 2. The SMILES string of the molecule is CC(=O)N[C@@H](C(=O)NCc1c(C)nn(-c2ccccc2)c1C)C(C)C. The fourth-order valence-electron chi connectivity index (χ4n) is 2.79. The molecule has 1 atom stereocenters. The molecular weight excluding hydrogens is 316 g/mol. The summed E-state index contributed by atoms with van der Waals surface area (Å²) >= 11 is 0. The van der Waals surface area contributed by atoms with E-state index in [2.05, 4.69) is 15.7 Å². The number of nitrogens with one attached hydrogen (secondary N) is 2. The third-order valence-electron chi connectivity index (χ3n) is 4.19. The van der Waals surface area contributed by atoms with Gasteiger partial charge >= 0.3 is 0 Å². The summed E-state index contributed by atoms with van der Waals surface area (Å²) in [7, 11) is 0. The normalized spacial score (nSPS) is 12.1. The number of rotatable bonds is 6. The predicted octanol–water partition coefficient (Wildman–Crippen LogP) is 2.27. The highest BCUT2D eigenvalue weighted by atomic mass is 16.2. The maximum Gasteiger partial charge on any atom is 0.243 e. The number of nitrogens with zero attached hydrogens (tertiary/aromatic N) is 2. The summed E-state index contributed by atoms with van der Waals surface area (Å²) in [5.41, 5.74) is 3.84. The van der Waals surface area contributed by atoms with Gasteiger partial charge in [-0.3, -0.25) is 9.59 Å². The van der Waals surface area contributed by atoms with Gasteiger partial charge in [-0.1, -0.05) is 32.0 Å². The zero-order valence-corrected chi connectivity index (χ0v) is 15.5. The zero-order valence-electron chi connectivity index (χ0n) is 15.5. The van der Waals surface area contributed by atoms with Gasteiger partial charge in [0.05, 0.1) is 11.4 Å². The second kappa shape index (κ2) is 7.96. The fourth-order valence-corrected chi connectivity index (χ4v) is 2.79. The fraction of sp³-hybridized carbons (Fsp3) is 0.421. The minimum absolute atomic E-state index is 0.0122. The summed E-state index contributed by atoms with van der Waals surface area (Å²) in [5.74, 6) is -0.382. The minimum Gasteiger partial charge on any atom is -0.350 e. The first-order valence-corrected chi connectivity index (χ1v) is 8.46. The van der Waals surface area contributed by atoms with Gasteiger partial charge in [0, 0.05) is 24.7 Å². The molecule has 1 aromatic heterocycles. The van der Waals surface area contributed by atoms with E-state index in [9.17, 15) is 9.59 Å². The Balaban J connectivity index is 2.14. The van der Waals surface area contributed by atoms with Crippen LogP contribution in [0.4, 0.5) is 0 Å². The summed E-state index contributed by atoms with van der Waals surface area (Å²) in [5, 5.41) is 10.2. The number of amides is 2. The van der Waals surface area contributed by atoms with E-state index in [0.29, 0.717) is 6.54 Å². The third kappa shape index (κ3) is 4.47. The van der Waals surface area contributed by atoms with Crippen molar-refractivity contribution in [2.24, 2.45) is 5.92 Å². The van der Waals surface area contributed by atoms with Gasteiger partial charge in [-0.25, -0.2) is 4.68 Å². The molecule has 2 aromatic rings. The van der Waals surface area contributed by atoms with Crippen molar-refractivity contribution in [2.75, 3.05) is 0 Å². The van der Waals surface area contributed by atoms with Gasteiger partial charge in [-0.2, -0.15) is 5.10 Å². The van der Waals surface area contributed by atoms with E-state index in [-0.39, 0.29) is 17.7 Å². The average molecular weight is 342 g/mol. The van der Waals surface area contributed by atoms with Crippen molar-refractivity contribution in [1.29, 1.82) is 0 Å². The molecule has 2 amide bonds. The molecule has 0 radical (unpaired) electrons. The Morgan fingerprint density at radius 2 is 1.80 bits per heavy atom. The molecule has 0 unspecified atom stereocenters. The molecule has 0 aliphatic carbocycles. The van der Waals surface area contributed by atoms with Gasteiger partial charge in [0.25, 0.3) is 0 Å². The van der Waals surface area contributed by atoms with Crippen LogP contribution in [0, 0.1) is 19.8 Å². The van der Waals surface area contributed by atoms with Crippen LogP contribution in [0.15, 0.2) is 30.3 Å². The van der Waals surface area contributed by atoms with Crippen molar-refractivity contribution >= 4 is 11.8 Å². The lowest BCUT2D eigenvalue weighted by atomic mass is 10.0. The first-order valence-electron chi connectivity index (χ1n) is 8.46. The van der Waals surface area contributed by atoms with E-state index in [4.69, 9.17) is 0 Å². The van der Waals surface area contributed by atoms with E-state index in [1.807, 2.05) is 62.7 Å². The lowest BCUT2D eigenvalue weighted by molar-refractivity contribution is -0.129. The van der Waals surface area contributed by atoms with Crippen molar-refractivity contribution in [3.8, 4) is 5.69 Å². The topological polar surface area (TPSA) is 76.0 Å².